The monoisotopic (exact) mass is 261 g/mol. The normalized spacial score (nSPS) is 27.8. The van der Waals surface area contributed by atoms with Crippen molar-refractivity contribution in [3.05, 3.63) is 0 Å². The molecule has 3 unspecified atom stereocenters. The first kappa shape index (κ1) is 17.2. The third-order valence-electron chi connectivity index (χ3n) is 3.46. The zero-order valence-corrected chi connectivity index (χ0v) is 12.4. The molecule has 0 aromatic carbocycles. The van der Waals surface area contributed by atoms with Gasteiger partial charge in [0.05, 0.1) is 19.6 Å². The van der Waals surface area contributed by atoms with Crippen molar-refractivity contribution in [2.45, 2.75) is 33.1 Å². The molecule has 1 heterocycles. The summed E-state index contributed by atoms with van der Waals surface area (Å²) >= 11 is 0. The fraction of sp³-hybridized carbons (Fsp3) is 0.917. The van der Waals surface area contributed by atoms with Gasteiger partial charge in [-0.1, -0.05) is 13.8 Å². The van der Waals surface area contributed by atoms with Gasteiger partial charge in [0.15, 0.2) is 0 Å². The van der Waals surface area contributed by atoms with Crippen LogP contribution in [-0.2, 0) is 4.74 Å². The molecule has 6 heteroatoms. The van der Waals surface area contributed by atoms with Gasteiger partial charge in [-0.15, -0.1) is 0 Å². The summed E-state index contributed by atoms with van der Waals surface area (Å²) in [6, 6.07) is 0.714. The van der Waals surface area contributed by atoms with E-state index in [4.69, 9.17) is 9.90 Å². The van der Waals surface area contributed by atoms with Gasteiger partial charge in [-0.05, 0) is 14.0 Å². The second-order valence-corrected chi connectivity index (χ2v) is 4.61. The molecule has 0 aromatic rings. The van der Waals surface area contributed by atoms with Crippen molar-refractivity contribution >= 4 is 6.16 Å². The summed E-state index contributed by atoms with van der Waals surface area (Å²) in [5.41, 5.74) is 0. The summed E-state index contributed by atoms with van der Waals surface area (Å²) in [6.07, 6.45) is -0.907. The van der Waals surface area contributed by atoms with Crippen LogP contribution in [0.4, 0.5) is 4.79 Å². The molecule has 1 N–H and O–H groups in total. The zero-order valence-electron chi connectivity index (χ0n) is 12.4. The van der Waals surface area contributed by atoms with Crippen LogP contribution >= 0.6 is 0 Å². The van der Waals surface area contributed by atoms with Gasteiger partial charge in [-0.25, -0.2) is 9.80 Å². The van der Waals surface area contributed by atoms with Crippen molar-refractivity contribution in [2.75, 3.05) is 40.8 Å². The molecule has 0 aromatic heterocycles. The molecule has 1 aliphatic heterocycles. The Hall–Kier alpha value is -0.850. The molecular weight excluding hydrogens is 234 g/mol. The maximum atomic E-state index is 9.03. The average Bonchev–Trinajstić information content (AvgIpc) is 2.58. The minimum Gasteiger partial charge on any atom is -0.553 e. The van der Waals surface area contributed by atoms with Gasteiger partial charge < -0.3 is 19.5 Å². The number of quaternary nitrogens is 1. The van der Waals surface area contributed by atoms with E-state index in [-0.39, 0.29) is 0 Å². The lowest BCUT2D eigenvalue weighted by Crippen LogP contribution is -3.13. The van der Waals surface area contributed by atoms with Crippen LogP contribution in [0.25, 0.3) is 0 Å². The SMILES string of the molecule is CCN(CC)C1N(C)C(C)C[NH+]1C.COC(=O)[O-]. The lowest BCUT2D eigenvalue weighted by molar-refractivity contribution is -0.911. The van der Waals surface area contributed by atoms with Gasteiger partial charge in [-0.3, -0.25) is 0 Å². The van der Waals surface area contributed by atoms with Crippen LogP contribution in [0.15, 0.2) is 0 Å². The Morgan fingerprint density at radius 2 is 1.94 bits per heavy atom. The van der Waals surface area contributed by atoms with E-state index in [2.05, 4.69) is 49.4 Å². The highest BCUT2D eigenvalue weighted by Gasteiger charge is 2.38. The first-order valence-corrected chi connectivity index (χ1v) is 6.42. The van der Waals surface area contributed by atoms with Crippen molar-refractivity contribution < 1.29 is 19.5 Å². The summed E-state index contributed by atoms with van der Waals surface area (Å²) in [5.74, 6) is 0. The average molecular weight is 261 g/mol. The number of carboxylic acid groups (broad SMARTS) is 1. The van der Waals surface area contributed by atoms with Crippen molar-refractivity contribution in [3.8, 4) is 0 Å². The number of hydrogen-bond donors (Lipinski definition) is 1. The highest BCUT2D eigenvalue weighted by atomic mass is 16.6. The number of carbonyl (C=O) groups is 1. The predicted molar refractivity (Wildman–Crippen MR) is 68.1 cm³/mol. The van der Waals surface area contributed by atoms with E-state index in [0.29, 0.717) is 12.3 Å². The first-order valence-electron chi connectivity index (χ1n) is 6.42. The van der Waals surface area contributed by atoms with Crippen molar-refractivity contribution in [3.63, 3.8) is 0 Å². The van der Waals surface area contributed by atoms with Gasteiger partial charge in [0, 0.05) is 20.2 Å². The third kappa shape index (κ3) is 4.80. The number of rotatable bonds is 3. The maximum Gasteiger partial charge on any atom is 0.251 e. The lowest BCUT2D eigenvalue weighted by Gasteiger charge is -2.32. The molecule has 0 saturated carbocycles. The number of nitrogens with one attached hydrogen (secondary N) is 1. The molecule has 0 spiro atoms. The largest absolute Gasteiger partial charge is 0.553 e. The van der Waals surface area contributed by atoms with Gasteiger partial charge in [0.2, 0.25) is 6.29 Å². The Labute approximate surface area is 110 Å². The van der Waals surface area contributed by atoms with Crippen molar-refractivity contribution in [1.82, 2.24) is 9.80 Å². The Morgan fingerprint density at radius 1 is 1.50 bits per heavy atom. The number of likely N-dealkylation sites (N-methyl/N-ethyl adjacent to an activating group) is 2. The van der Waals surface area contributed by atoms with E-state index >= 15 is 0 Å². The molecule has 108 valence electrons. The van der Waals surface area contributed by atoms with Crippen LogP contribution in [0.5, 0.6) is 0 Å². The summed E-state index contributed by atoms with van der Waals surface area (Å²) in [7, 11) is 5.57. The standard InChI is InChI=1S/C10H23N3.C2H4O3/c1-6-13(7-2)10-11(4)8-9(3)12(10)5;1-5-2(3)4/h9-10H,6-8H2,1-5H3;1H3,(H,3,4). The minimum atomic E-state index is -1.50. The number of carbonyl (C=O) groups excluding carboxylic acids is 1. The summed E-state index contributed by atoms with van der Waals surface area (Å²) in [6.45, 7) is 10.4. The van der Waals surface area contributed by atoms with Crippen LogP contribution in [-0.4, -0.2) is 69.1 Å². The highest BCUT2D eigenvalue weighted by Crippen LogP contribution is 2.06. The molecule has 0 amide bonds. The molecule has 0 aliphatic carbocycles. The smallest absolute Gasteiger partial charge is 0.251 e. The molecule has 6 nitrogen and oxygen atoms in total. The van der Waals surface area contributed by atoms with Gasteiger partial charge in [-0.2, -0.15) is 0 Å². The Balaban J connectivity index is 0.000000494. The lowest BCUT2D eigenvalue weighted by atomic mass is 10.3. The molecule has 18 heavy (non-hydrogen) atoms. The van der Waals surface area contributed by atoms with E-state index in [1.807, 2.05) is 0 Å². The van der Waals surface area contributed by atoms with Gasteiger partial charge in [0.1, 0.15) is 0 Å². The van der Waals surface area contributed by atoms with E-state index < -0.39 is 6.16 Å². The highest BCUT2D eigenvalue weighted by molar-refractivity contribution is 5.53. The topological polar surface area (TPSA) is 60.3 Å². The first-order chi connectivity index (χ1) is 8.38. The summed E-state index contributed by atoms with van der Waals surface area (Å²) in [4.78, 5) is 15.7. The molecule has 1 saturated heterocycles. The van der Waals surface area contributed by atoms with Crippen LogP contribution < -0.4 is 10.0 Å². The van der Waals surface area contributed by atoms with Crippen LogP contribution in [0.3, 0.4) is 0 Å². The van der Waals surface area contributed by atoms with Crippen LogP contribution in [0.1, 0.15) is 20.8 Å². The Kier molecular flexibility index (Phi) is 7.90. The van der Waals surface area contributed by atoms with E-state index in [0.717, 1.165) is 20.2 Å². The van der Waals surface area contributed by atoms with Crippen molar-refractivity contribution in [2.24, 2.45) is 0 Å². The minimum absolute atomic E-state index is 0.588. The molecule has 3 atom stereocenters. The fourth-order valence-electron chi connectivity index (χ4n) is 2.44. The van der Waals surface area contributed by atoms with E-state index in [9.17, 15) is 0 Å². The van der Waals surface area contributed by atoms with Crippen LogP contribution in [0.2, 0.25) is 0 Å². The molecule has 1 fully saturated rings. The molecule has 1 rings (SSSR count). The zero-order chi connectivity index (χ0) is 14.3. The second-order valence-electron chi connectivity index (χ2n) is 4.61. The van der Waals surface area contributed by atoms with Crippen molar-refractivity contribution in [1.29, 1.82) is 0 Å². The van der Waals surface area contributed by atoms with Gasteiger partial charge >= 0.3 is 0 Å². The molecular formula is C12H27N3O3. The molecule has 0 radical (unpaired) electrons. The third-order valence-corrected chi connectivity index (χ3v) is 3.46. The Morgan fingerprint density at radius 3 is 2.17 bits per heavy atom. The van der Waals surface area contributed by atoms with E-state index in [1.54, 1.807) is 4.90 Å². The molecule has 1 aliphatic rings. The quantitative estimate of drug-likeness (QED) is 0.623. The summed E-state index contributed by atoms with van der Waals surface area (Å²) in [5, 5.41) is 9.03. The van der Waals surface area contributed by atoms with E-state index in [1.165, 1.54) is 6.54 Å². The second kappa shape index (κ2) is 8.29. The van der Waals surface area contributed by atoms with Gasteiger partial charge in [0.25, 0.3) is 6.16 Å². The fourth-order valence-corrected chi connectivity index (χ4v) is 2.44. The number of hydrogen-bond acceptors (Lipinski definition) is 5. The summed E-state index contributed by atoms with van der Waals surface area (Å²) < 4.78 is 3.56. The maximum absolute atomic E-state index is 9.03. The van der Waals surface area contributed by atoms with Crippen LogP contribution in [0, 0.1) is 0 Å². The Bertz CT molecular complexity index is 247. The predicted octanol–water partition coefficient (Wildman–Crippen LogP) is -1.56. The molecule has 0 bridgehead atoms. The number of nitrogens with zero attached hydrogens (tertiary/aromatic N) is 2. The number of methoxy groups -OCH3 is 1. The number of ether oxygens (including phenoxy) is 1.